The Morgan fingerprint density at radius 1 is 1.43 bits per heavy atom. The van der Waals surface area contributed by atoms with E-state index < -0.39 is 0 Å². The Kier molecular flexibility index (Phi) is 6.15. The summed E-state index contributed by atoms with van der Waals surface area (Å²) in [6.07, 6.45) is 2.58. The van der Waals surface area contributed by atoms with Gasteiger partial charge in [-0.1, -0.05) is 25.1 Å². The van der Waals surface area contributed by atoms with Gasteiger partial charge in [0.2, 0.25) is 0 Å². The van der Waals surface area contributed by atoms with E-state index in [1.54, 1.807) is 6.07 Å². The first kappa shape index (κ1) is 16.4. The van der Waals surface area contributed by atoms with Gasteiger partial charge in [-0.3, -0.25) is 4.90 Å². The molecule has 1 saturated heterocycles. The van der Waals surface area contributed by atoms with Crippen molar-refractivity contribution in [1.82, 2.24) is 15.1 Å². The first-order valence-electron chi connectivity index (χ1n) is 8.00. The Morgan fingerprint density at radius 2 is 2.19 bits per heavy atom. The second-order valence-corrected chi connectivity index (χ2v) is 6.01. The van der Waals surface area contributed by atoms with Crippen LogP contribution in [0.15, 0.2) is 24.3 Å². The fourth-order valence-corrected chi connectivity index (χ4v) is 3.37. The summed E-state index contributed by atoms with van der Waals surface area (Å²) in [5, 5.41) is 3.24. The summed E-state index contributed by atoms with van der Waals surface area (Å²) in [5.74, 6) is -0.124. The van der Waals surface area contributed by atoms with E-state index in [1.165, 1.54) is 25.5 Å². The van der Waals surface area contributed by atoms with Crippen molar-refractivity contribution in [3.8, 4) is 0 Å². The van der Waals surface area contributed by atoms with Crippen LogP contribution in [0.5, 0.6) is 0 Å². The smallest absolute Gasteiger partial charge is 0.128 e. The SMILES string of the molecule is CCN1CCCC1CN(C)CC(NC)c1ccccc1F. The molecule has 1 fully saturated rings. The first-order valence-corrected chi connectivity index (χ1v) is 8.00. The highest BCUT2D eigenvalue weighted by atomic mass is 19.1. The molecule has 0 aromatic heterocycles. The predicted molar refractivity (Wildman–Crippen MR) is 86.0 cm³/mol. The lowest BCUT2D eigenvalue weighted by atomic mass is 10.1. The van der Waals surface area contributed by atoms with Gasteiger partial charge >= 0.3 is 0 Å². The number of likely N-dealkylation sites (tertiary alicyclic amines) is 1. The van der Waals surface area contributed by atoms with Crippen LogP contribution in [0.3, 0.4) is 0 Å². The molecule has 0 aliphatic carbocycles. The summed E-state index contributed by atoms with van der Waals surface area (Å²) in [6, 6.07) is 7.74. The maximum Gasteiger partial charge on any atom is 0.128 e. The molecule has 0 bridgehead atoms. The van der Waals surface area contributed by atoms with Crippen LogP contribution >= 0.6 is 0 Å². The Hall–Kier alpha value is -0.970. The van der Waals surface area contributed by atoms with Crippen molar-refractivity contribution < 1.29 is 4.39 Å². The number of rotatable bonds is 7. The van der Waals surface area contributed by atoms with Crippen molar-refractivity contribution >= 4 is 0 Å². The number of nitrogens with one attached hydrogen (secondary N) is 1. The van der Waals surface area contributed by atoms with Gasteiger partial charge in [-0.25, -0.2) is 4.39 Å². The van der Waals surface area contributed by atoms with Gasteiger partial charge < -0.3 is 10.2 Å². The summed E-state index contributed by atoms with van der Waals surface area (Å²) in [7, 11) is 4.04. The monoisotopic (exact) mass is 293 g/mol. The molecule has 2 unspecified atom stereocenters. The maximum absolute atomic E-state index is 13.9. The molecule has 1 aliphatic rings. The van der Waals surface area contributed by atoms with Crippen LogP contribution in [0.2, 0.25) is 0 Å². The second kappa shape index (κ2) is 7.87. The van der Waals surface area contributed by atoms with Crippen LogP contribution in [0.25, 0.3) is 0 Å². The highest BCUT2D eigenvalue weighted by Crippen LogP contribution is 2.20. The number of likely N-dealkylation sites (N-methyl/N-ethyl adjacent to an activating group) is 3. The van der Waals surface area contributed by atoms with Gasteiger partial charge in [-0.05, 0) is 46.1 Å². The van der Waals surface area contributed by atoms with Gasteiger partial charge in [-0.15, -0.1) is 0 Å². The maximum atomic E-state index is 13.9. The Morgan fingerprint density at radius 3 is 2.86 bits per heavy atom. The number of hydrogen-bond donors (Lipinski definition) is 1. The highest BCUT2D eigenvalue weighted by molar-refractivity contribution is 5.21. The lowest BCUT2D eigenvalue weighted by Gasteiger charge is -2.30. The van der Waals surface area contributed by atoms with Gasteiger partial charge in [0.1, 0.15) is 5.82 Å². The van der Waals surface area contributed by atoms with Crippen molar-refractivity contribution in [1.29, 1.82) is 0 Å². The van der Waals surface area contributed by atoms with Gasteiger partial charge in [0, 0.05) is 30.7 Å². The minimum Gasteiger partial charge on any atom is -0.312 e. The van der Waals surface area contributed by atoms with Crippen LogP contribution < -0.4 is 5.32 Å². The molecule has 0 saturated carbocycles. The molecule has 0 radical (unpaired) electrons. The van der Waals surface area contributed by atoms with Crippen LogP contribution in [-0.4, -0.2) is 56.1 Å². The number of benzene rings is 1. The molecule has 2 atom stereocenters. The van der Waals surface area contributed by atoms with E-state index in [2.05, 4.69) is 29.1 Å². The summed E-state index contributed by atoms with van der Waals surface area (Å²) in [6.45, 7) is 6.46. The van der Waals surface area contributed by atoms with Gasteiger partial charge in [0.15, 0.2) is 0 Å². The van der Waals surface area contributed by atoms with E-state index >= 15 is 0 Å². The van der Waals surface area contributed by atoms with E-state index in [0.717, 1.165) is 25.2 Å². The summed E-state index contributed by atoms with van der Waals surface area (Å²) < 4.78 is 13.9. The second-order valence-electron chi connectivity index (χ2n) is 6.01. The van der Waals surface area contributed by atoms with Crippen LogP contribution in [0.4, 0.5) is 4.39 Å². The van der Waals surface area contributed by atoms with Crippen LogP contribution in [0.1, 0.15) is 31.4 Å². The topological polar surface area (TPSA) is 18.5 Å². The third-order valence-corrected chi connectivity index (χ3v) is 4.55. The summed E-state index contributed by atoms with van der Waals surface area (Å²) in [5.41, 5.74) is 0.755. The molecule has 1 heterocycles. The summed E-state index contributed by atoms with van der Waals surface area (Å²) in [4.78, 5) is 4.88. The van der Waals surface area contributed by atoms with Crippen molar-refractivity contribution in [3.63, 3.8) is 0 Å². The van der Waals surface area contributed by atoms with Crippen molar-refractivity contribution in [2.24, 2.45) is 0 Å². The number of nitrogens with zero attached hydrogens (tertiary/aromatic N) is 2. The van der Waals surface area contributed by atoms with E-state index in [9.17, 15) is 4.39 Å². The minimum atomic E-state index is -0.124. The lowest BCUT2D eigenvalue weighted by molar-refractivity contribution is 0.189. The van der Waals surface area contributed by atoms with Crippen molar-refractivity contribution in [2.75, 3.05) is 40.3 Å². The molecule has 1 aromatic rings. The molecular formula is C17H28FN3. The fourth-order valence-electron chi connectivity index (χ4n) is 3.37. The summed E-state index contributed by atoms with van der Waals surface area (Å²) >= 11 is 0. The third kappa shape index (κ3) is 4.25. The van der Waals surface area contributed by atoms with Crippen molar-refractivity contribution in [2.45, 2.75) is 31.8 Å². The average molecular weight is 293 g/mol. The van der Waals surface area contributed by atoms with E-state index in [4.69, 9.17) is 0 Å². The first-order chi connectivity index (χ1) is 10.2. The molecule has 0 spiro atoms. The molecule has 1 N–H and O–H groups in total. The average Bonchev–Trinajstić information content (AvgIpc) is 2.92. The quantitative estimate of drug-likeness (QED) is 0.833. The van der Waals surface area contributed by atoms with E-state index in [0.29, 0.717) is 6.04 Å². The molecule has 21 heavy (non-hydrogen) atoms. The Labute approximate surface area is 128 Å². The molecule has 4 heteroatoms. The standard InChI is InChI=1S/C17H28FN3/c1-4-21-11-7-8-14(21)12-20(3)13-17(19-2)15-9-5-6-10-16(15)18/h5-6,9-10,14,17,19H,4,7-8,11-13H2,1-3H3. The molecule has 1 aromatic carbocycles. The molecule has 1 aliphatic heterocycles. The van der Waals surface area contributed by atoms with Crippen molar-refractivity contribution in [3.05, 3.63) is 35.6 Å². The Bertz CT molecular complexity index is 438. The molecule has 118 valence electrons. The van der Waals surface area contributed by atoms with Gasteiger partial charge in [-0.2, -0.15) is 0 Å². The molecule has 0 amide bonds. The number of hydrogen-bond acceptors (Lipinski definition) is 3. The predicted octanol–water partition coefficient (Wildman–Crippen LogP) is 2.50. The van der Waals surface area contributed by atoms with Gasteiger partial charge in [0.25, 0.3) is 0 Å². The minimum absolute atomic E-state index is 0.0349. The number of halogens is 1. The zero-order valence-electron chi connectivity index (χ0n) is 13.5. The molecule has 2 rings (SSSR count). The Balaban J connectivity index is 1.94. The lowest BCUT2D eigenvalue weighted by Crippen LogP contribution is -2.41. The zero-order chi connectivity index (χ0) is 15.2. The zero-order valence-corrected chi connectivity index (χ0v) is 13.5. The van der Waals surface area contributed by atoms with E-state index in [-0.39, 0.29) is 11.9 Å². The molecular weight excluding hydrogens is 265 g/mol. The fraction of sp³-hybridized carbons (Fsp3) is 0.647. The van der Waals surface area contributed by atoms with Gasteiger partial charge in [0.05, 0.1) is 0 Å². The van der Waals surface area contributed by atoms with Crippen LogP contribution in [0, 0.1) is 5.82 Å². The normalized spacial score (nSPS) is 21.1. The molecule has 3 nitrogen and oxygen atoms in total. The van der Waals surface area contributed by atoms with E-state index in [1.807, 2.05) is 19.2 Å². The third-order valence-electron chi connectivity index (χ3n) is 4.55. The largest absolute Gasteiger partial charge is 0.312 e. The van der Waals surface area contributed by atoms with Crippen LogP contribution in [-0.2, 0) is 0 Å². The highest BCUT2D eigenvalue weighted by Gasteiger charge is 2.25.